The SMILES string of the molecule is CCOC(=O)c1cccc(OC(=O)CC(c2ccccc2)c2ccccc2)c1. The van der Waals surface area contributed by atoms with Crippen molar-refractivity contribution in [3.05, 3.63) is 102 Å². The van der Waals surface area contributed by atoms with Crippen molar-refractivity contribution < 1.29 is 19.1 Å². The highest BCUT2D eigenvalue weighted by molar-refractivity contribution is 5.90. The van der Waals surface area contributed by atoms with Crippen molar-refractivity contribution in [1.29, 1.82) is 0 Å². The highest BCUT2D eigenvalue weighted by Crippen LogP contribution is 2.28. The summed E-state index contributed by atoms with van der Waals surface area (Å²) >= 11 is 0. The van der Waals surface area contributed by atoms with Crippen LogP contribution in [0.25, 0.3) is 0 Å². The molecule has 0 amide bonds. The van der Waals surface area contributed by atoms with Gasteiger partial charge >= 0.3 is 11.9 Å². The van der Waals surface area contributed by atoms with Gasteiger partial charge in [-0.25, -0.2) is 4.79 Å². The molecule has 0 radical (unpaired) electrons. The Bertz CT molecular complexity index is 880. The van der Waals surface area contributed by atoms with Gasteiger partial charge in [0, 0.05) is 5.92 Å². The van der Waals surface area contributed by atoms with Crippen LogP contribution in [-0.4, -0.2) is 18.5 Å². The summed E-state index contributed by atoms with van der Waals surface area (Å²) < 4.78 is 10.5. The average Bonchev–Trinajstić information content (AvgIpc) is 2.73. The molecule has 0 unspecified atom stereocenters. The van der Waals surface area contributed by atoms with Crippen LogP contribution in [0.5, 0.6) is 5.75 Å². The molecule has 0 aliphatic carbocycles. The minimum absolute atomic E-state index is 0.108. The largest absolute Gasteiger partial charge is 0.462 e. The number of hydrogen-bond acceptors (Lipinski definition) is 4. The minimum atomic E-state index is -0.438. The molecule has 0 aliphatic heterocycles. The summed E-state index contributed by atoms with van der Waals surface area (Å²) in [5.41, 5.74) is 2.45. The Morgan fingerprint density at radius 2 is 1.43 bits per heavy atom. The van der Waals surface area contributed by atoms with E-state index in [1.807, 2.05) is 60.7 Å². The summed E-state index contributed by atoms with van der Waals surface area (Å²) in [6, 6.07) is 26.2. The molecule has 0 saturated carbocycles. The van der Waals surface area contributed by atoms with Crippen LogP contribution >= 0.6 is 0 Å². The van der Waals surface area contributed by atoms with E-state index < -0.39 is 5.97 Å². The summed E-state index contributed by atoms with van der Waals surface area (Å²) in [5, 5.41) is 0. The van der Waals surface area contributed by atoms with Gasteiger partial charge in [-0.2, -0.15) is 0 Å². The van der Waals surface area contributed by atoms with Crippen molar-refractivity contribution in [3.63, 3.8) is 0 Å². The third-order valence-corrected chi connectivity index (χ3v) is 4.35. The molecule has 0 atom stereocenters. The molecule has 28 heavy (non-hydrogen) atoms. The zero-order chi connectivity index (χ0) is 19.8. The molecule has 4 heteroatoms. The van der Waals surface area contributed by atoms with Gasteiger partial charge in [-0.1, -0.05) is 66.7 Å². The summed E-state index contributed by atoms with van der Waals surface area (Å²) in [6.45, 7) is 2.04. The summed E-state index contributed by atoms with van der Waals surface area (Å²) in [7, 11) is 0. The first-order valence-corrected chi connectivity index (χ1v) is 9.25. The fourth-order valence-electron chi connectivity index (χ4n) is 3.04. The van der Waals surface area contributed by atoms with E-state index in [-0.39, 0.29) is 18.3 Å². The van der Waals surface area contributed by atoms with Gasteiger partial charge in [0.1, 0.15) is 5.75 Å². The van der Waals surface area contributed by atoms with Gasteiger partial charge in [-0.15, -0.1) is 0 Å². The standard InChI is InChI=1S/C24H22O4/c1-2-27-24(26)20-14-9-15-21(16-20)28-23(25)17-22(18-10-5-3-6-11-18)19-12-7-4-8-13-19/h3-16,22H,2,17H2,1H3. The monoisotopic (exact) mass is 374 g/mol. The maximum Gasteiger partial charge on any atom is 0.338 e. The van der Waals surface area contributed by atoms with Crippen LogP contribution in [0, 0.1) is 0 Å². The van der Waals surface area contributed by atoms with E-state index in [1.54, 1.807) is 25.1 Å². The number of benzene rings is 3. The second-order valence-electron chi connectivity index (χ2n) is 6.30. The minimum Gasteiger partial charge on any atom is -0.462 e. The first-order valence-electron chi connectivity index (χ1n) is 9.25. The second kappa shape index (κ2) is 9.51. The zero-order valence-corrected chi connectivity index (χ0v) is 15.7. The maximum atomic E-state index is 12.6. The Balaban J connectivity index is 1.76. The van der Waals surface area contributed by atoms with Crippen LogP contribution in [0.2, 0.25) is 0 Å². The molecule has 142 valence electrons. The number of rotatable bonds is 7. The van der Waals surface area contributed by atoms with Crippen molar-refractivity contribution in [2.45, 2.75) is 19.3 Å². The lowest BCUT2D eigenvalue weighted by molar-refractivity contribution is -0.134. The molecule has 4 nitrogen and oxygen atoms in total. The van der Waals surface area contributed by atoms with Crippen molar-refractivity contribution >= 4 is 11.9 Å². The molecule has 0 bridgehead atoms. The van der Waals surface area contributed by atoms with Gasteiger partial charge < -0.3 is 9.47 Å². The smallest absolute Gasteiger partial charge is 0.338 e. The van der Waals surface area contributed by atoms with Gasteiger partial charge in [-0.05, 0) is 36.2 Å². The number of esters is 2. The average molecular weight is 374 g/mol. The van der Waals surface area contributed by atoms with E-state index in [4.69, 9.17) is 9.47 Å². The molecular weight excluding hydrogens is 352 g/mol. The quantitative estimate of drug-likeness (QED) is 0.432. The number of ether oxygens (including phenoxy) is 2. The molecule has 3 rings (SSSR count). The lowest BCUT2D eigenvalue weighted by Gasteiger charge is -2.17. The van der Waals surface area contributed by atoms with Crippen LogP contribution in [0.15, 0.2) is 84.9 Å². The van der Waals surface area contributed by atoms with Crippen LogP contribution in [0.1, 0.15) is 40.7 Å². The molecule has 3 aromatic rings. The Morgan fingerprint density at radius 1 is 0.821 bits per heavy atom. The highest BCUT2D eigenvalue weighted by atomic mass is 16.5. The van der Waals surface area contributed by atoms with Gasteiger partial charge in [0.05, 0.1) is 18.6 Å². The van der Waals surface area contributed by atoms with Gasteiger partial charge in [0.15, 0.2) is 0 Å². The van der Waals surface area contributed by atoms with Crippen molar-refractivity contribution in [1.82, 2.24) is 0 Å². The molecule has 0 saturated heterocycles. The molecular formula is C24H22O4. The normalized spacial score (nSPS) is 10.5. The fraction of sp³-hybridized carbons (Fsp3) is 0.167. The van der Waals surface area contributed by atoms with Crippen molar-refractivity contribution in [2.24, 2.45) is 0 Å². The van der Waals surface area contributed by atoms with E-state index in [2.05, 4.69) is 0 Å². The third kappa shape index (κ3) is 5.07. The van der Waals surface area contributed by atoms with Crippen molar-refractivity contribution in [2.75, 3.05) is 6.61 Å². The third-order valence-electron chi connectivity index (χ3n) is 4.35. The lowest BCUT2D eigenvalue weighted by Crippen LogP contribution is -2.14. The van der Waals surface area contributed by atoms with E-state index >= 15 is 0 Å². The molecule has 0 spiro atoms. The molecule has 3 aromatic carbocycles. The Kier molecular flexibility index (Phi) is 6.58. The van der Waals surface area contributed by atoms with Gasteiger partial charge in [0.2, 0.25) is 0 Å². The number of carbonyl (C=O) groups is 2. The Hall–Kier alpha value is -3.40. The number of carbonyl (C=O) groups excluding carboxylic acids is 2. The number of hydrogen-bond donors (Lipinski definition) is 0. The Labute approximate surface area is 164 Å². The molecule has 0 fully saturated rings. The second-order valence-corrected chi connectivity index (χ2v) is 6.30. The summed E-state index contributed by atoms with van der Waals surface area (Å²) in [6.07, 6.45) is 0.192. The van der Waals surface area contributed by atoms with Crippen LogP contribution in [-0.2, 0) is 9.53 Å². The lowest BCUT2D eigenvalue weighted by atomic mass is 9.88. The van der Waals surface area contributed by atoms with Gasteiger partial charge in [-0.3, -0.25) is 4.79 Å². The van der Waals surface area contributed by atoms with E-state index in [0.717, 1.165) is 11.1 Å². The summed E-state index contributed by atoms with van der Waals surface area (Å²) in [5.74, 6) is -0.580. The van der Waals surface area contributed by atoms with Crippen LogP contribution in [0.3, 0.4) is 0 Å². The van der Waals surface area contributed by atoms with E-state index in [1.165, 1.54) is 6.07 Å². The Morgan fingerprint density at radius 3 is 2.00 bits per heavy atom. The fourth-order valence-corrected chi connectivity index (χ4v) is 3.04. The van der Waals surface area contributed by atoms with E-state index in [9.17, 15) is 9.59 Å². The highest BCUT2D eigenvalue weighted by Gasteiger charge is 2.20. The van der Waals surface area contributed by atoms with Crippen LogP contribution in [0.4, 0.5) is 0 Å². The first-order chi connectivity index (χ1) is 13.7. The molecule has 0 aromatic heterocycles. The van der Waals surface area contributed by atoms with E-state index in [0.29, 0.717) is 17.9 Å². The molecule has 0 heterocycles. The first kappa shape index (κ1) is 19.4. The molecule has 0 aliphatic rings. The zero-order valence-electron chi connectivity index (χ0n) is 15.7. The predicted octanol–water partition coefficient (Wildman–Crippen LogP) is 4.99. The maximum absolute atomic E-state index is 12.6. The van der Waals surface area contributed by atoms with Crippen molar-refractivity contribution in [3.8, 4) is 5.75 Å². The predicted molar refractivity (Wildman–Crippen MR) is 107 cm³/mol. The van der Waals surface area contributed by atoms with Crippen LogP contribution < -0.4 is 4.74 Å². The van der Waals surface area contributed by atoms with Gasteiger partial charge in [0.25, 0.3) is 0 Å². The summed E-state index contributed by atoms with van der Waals surface area (Å²) in [4.78, 5) is 24.5. The molecule has 0 N–H and O–H groups in total. The topological polar surface area (TPSA) is 52.6 Å².